The fraction of sp³-hybridized carbons (Fsp3) is 0.500. The number of methoxy groups -OCH3 is 1. The number of hydrogen-bond acceptors (Lipinski definition) is 4. The molecule has 0 aliphatic rings. The van der Waals surface area contributed by atoms with Crippen molar-refractivity contribution in [3.05, 3.63) is 40.2 Å². The number of carbonyl (C=O) groups excluding carboxylic acids is 2. The van der Waals surface area contributed by atoms with E-state index in [1.807, 2.05) is 13.8 Å². The van der Waals surface area contributed by atoms with Gasteiger partial charge in [-0.3, -0.25) is 0 Å². The third-order valence-corrected chi connectivity index (χ3v) is 3.39. The normalized spacial score (nSPS) is 12.0. The van der Waals surface area contributed by atoms with Crippen LogP contribution in [0.3, 0.4) is 0 Å². The number of hydrogen-bond donors (Lipinski definition) is 1. The van der Waals surface area contributed by atoms with Crippen LogP contribution in [0.15, 0.2) is 12.1 Å². The molecule has 1 amide bonds. The summed E-state index contributed by atoms with van der Waals surface area (Å²) >= 11 is 0. The Balaban J connectivity index is 3.02. The Morgan fingerprint density at radius 3 is 2.21 bits per heavy atom. The maximum absolute atomic E-state index is 12.0. The lowest BCUT2D eigenvalue weighted by atomic mass is 9.95. The number of nitrogens with zero attached hydrogens (tertiary/aromatic N) is 1. The minimum Gasteiger partial charge on any atom is -0.467 e. The zero-order chi connectivity index (χ0) is 18.5. The van der Waals surface area contributed by atoms with E-state index >= 15 is 0 Å². The molecule has 0 aliphatic heterocycles. The molecule has 1 aromatic rings. The van der Waals surface area contributed by atoms with E-state index in [4.69, 9.17) is 16.0 Å². The van der Waals surface area contributed by atoms with Crippen molar-refractivity contribution >= 4 is 17.7 Å². The first-order valence-corrected chi connectivity index (χ1v) is 7.62. The first-order chi connectivity index (χ1) is 11.1. The molecule has 0 aliphatic carbocycles. The molecule has 130 valence electrons. The van der Waals surface area contributed by atoms with E-state index in [0.717, 1.165) is 16.7 Å². The Labute approximate surface area is 143 Å². The molecule has 0 saturated carbocycles. The van der Waals surface area contributed by atoms with Gasteiger partial charge in [0.2, 0.25) is 0 Å². The van der Waals surface area contributed by atoms with E-state index in [1.165, 1.54) is 7.11 Å². The molecule has 1 rings (SSSR count). The van der Waals surface area contributed by atoms with Crippen molar-refractivity contribution in [2.45, 2.75) is 52.7 Å². The Bertz CT molecular complexity index is 646. The predicted molar refractivity (Wildman–Crippen MR) is 91.1 cm³/mol. The van der Waals surface area contributed by atoms with E-state index in [1.54, 1.807) is 32.9 Å². The number of aryl methyl sites for hydroxylation is 2. The fourth-order valence-electron chi connectivity index (χ4n) is 2.35. The fourth-order valence-corrected chi connectivity index (χ4v) is 2.35. The number of alkyl carbamates (subject to hydrolysis) is 1. The van der Waals surface area contributed by atoms with Crippen LogP contribution in [0.2, 0.25) is 0 Å². The summed E-state index contributed by atoms with van der Waals surface area (Å²) in [6.45, 7) is 16.1. The lowest BCUT2D eigenvalue weighted by molar-refractivity contribution is -0.143. The summed E-state index contributed by atoms with van der Waals surface area (Å²) in [6, 6.07) is 2.66. The topological polar surface area (TPSA) is 69.0 Å². The van der Waals surface area contributed by atoms with Crippen molar-refractivity contribution < 1.29 is 19.1 Å². The lowest BCUT2D eigenvalue weighted by Crippen LogP contribution is -2.45. The molecule has 0 radical (unpaired) electrons. The Morgan fingerprint density at radius 1 is 1.25 bits per heavy atom. The molecule has 1 atom stereocenters. The van der Waals surface area contributed by atoms with Crippen molar-refractivity contribution in [2.75, 3.05) is 7.11 Å². The highest BCUT2D eigenvalue weighted by molar-refractivity contribution is 5.81. The van der Waals surface area contributed by atoms with Gasteiger partial charge < -0.3 is 14.8 Å². The number of amides is 1. The number of esters is 1. The largest absolute Gasteiger partial charge is 0.467 e. The van der Waals surface area contributed by atoms with Gasteiger partial charge in [-0.25, -0.2) is 14.4 Å². The number of benzene rings is 1. The van der Waals surface area contributed by atoms with Crippen molar-refractivity contribution in [3.8, 4) is 0 Å². The highest BCUT2D eigenvalue weighted by Gasteiger charge is 2.26. The quantitative estimate of drug-likeness (QED) is 0.677. The van der Waals surface area contributed by atoms with Gasteiger partial charge in [0.25, 0.3) is 0 Å². The molecule has 1 N–H and O–H groups in total. The van der Waals surface area contributed by atoms with Gasteiger partial charge >= 0.3 is 12.1 Å². The zero-order valence-corrected chi connectivity index (χ0v) is 15.0. The molecule has 24 heavy (non-hydrogen) atoms. The summed E-state index contributed by atoms with van der Waals surface area (Å²) in [7, 11) is 1.27. The lowest BCUT2D eigenvalue weighted by Gasteiger charge is -2.23. The number of ether oxygens (including phenoxy) is 2. The first-order valence-electron chi connectivity index (χ1n) is 7.62. The summed E-state index contributed by atoms with van der Waals surface area (Å²) in [5.74, 6) is -0.547. The van der Waals surface area contributed by atoms with Gasteiger partial charge in [0.1, 0.15) is 11.6 Å². The van der Waals surface area contributed by atoms with Crippen LogP contribution in [0.4, 0.5) is 10.5 Å². The molecular weight excluding hydrogens is 308 g/mol. The smallest absolute Gasteiger partial charge is 0.408 e. The number of rotatable bonds is 4. The van der Waals surface area contributed by atoms with Gasteiger partial charge in [0, 0.05) is 6.42 Å². The van der Waals surface area contributed by atoms with Crippen molar-refractivity contribution in [1.82, 2.24) is 5.32 Å². The molecule has 0 bridgehead atoms. The standard InChI is InChI=1S/C18H24N2O4/c1-11-8-13(19-6)9-12(2)14(11)10-15(16(21)23-7)20-17(22)24-18(3,4)5/h8-9,15H,10H2,1-5,7H3,(H,20,22)/t15-/m0/s1. The molecule has 1 aromatic carbocycles. The van der Waals surface area contributed by atoms with Crippen LogP contribution in [-0.2, 0) is 20.7 Å². The Morgan fingerprint density at radius 2 is 1.79 bits per heavy atom. The van der Waals surface area contributed by atoms with Crippen LogP contribution < -0.4 is 5.32 Å². The molecule has 6 heteroatoms. The first kappa shape index (κ1) is 19.5. The molecule has 6 nitrogen and oxygen atoms in total. The van der Waals surface area contributed by atoms with E-state index in [-0.39, 0.29) is 6.42 Å². The summed E-state index contributed by atoms with van der Waals surface area (Å²) in [6.07, 6.45) is -0.409. The molecule has 0 fully saturated rings. The molecule has 0 aromatic heterocycles. The van der Waals surface area contributed by atoms with Crippen molar-refractivity contribution in [1.29, 1.82) is 0 Å². The van der Waals surface area contributed by atoms with Crippen LogP contribution in [-0.4, -0.2) is 30.8 Å². The maximum atomic E-state index is 12.0. The molecule has 0 saturated heterocycles. The average molecular weight is 332 g/mol. The number of nitrogens with one attached hydrogen (secondary N) is 1. The predicted octanol–water partition coefficient (Wildman–Crippen LogP) is 3.46. The second kappa shape index (κ2) is 7.82. The van der Waals surface area contributed by atoms with Crippen LogP contribution in [0.1, 0.15) is 37.5 Å². The number of carbonyl (C=O) groups is 2. The van der Waals surface area contributed by atoms with Gasteiger partial charge in [0.15, 0.2) is 5.69 Å². The summed E-state index contributed by atoms with van der Waals surface area (Å²) in [5.41, 5.74) is 2.56. The molecule has 0 heterocycles. The second-order valence-electron chi connectivity index (χ2n) is 6.60. The third-order valence-electron chi connectivity index (χ3n) is 3.39. The van der Waals surface area contributed by atoms with Crippen LogP contribution in [0.5, 0.6) is 0 Å². The van der Waals surface area contributed by atoms with Gasteiger partial charge in [0.05, 0.1) is 13.7 Å². The summed E-state index contributed by atoms with van der Waals surface area (Å²) in [5, 5.41) is 2.56. The minimum atomic E-state index is -0.860. The SMILES string of the molecule is [C-]#[N+]c1cc(C)c(C[C@H](NC(=O)OC(C)(C)C)C(=O)OC)c(C)c1. The van der Waals surface area contributed by atoms with Gasteiger partial charge in [-0.15, -0.1) is 0 Å². The van der Waals surface area contributed by atoms with Crippen LogP contribution in [0, 0.1) is 20.4 Å². The summed E-state index contributed by atoms with van der Waals surface area (Å²) in [4.78, 5) is 27.4. The Hall–Kier alpha value is -2.55. The van der Waals surface area contributed by atoms with Crippen molar-refractivity contribution in [2.24, 2.45) is 0 Å². The third kappa shape index (κ3) is 5.58. The van der Waals surface area contributed by atoms with Gasteiger partial charge in [-0.1, -0.05) is 23.3 Å². The van der Waals surface area contributed by atoms with Gasteiger partial charge in [-0.05, 0) is 40.2 Å². The second-order valence-corrected chi connectivity index (χ2v) is 6.60. The van der Waals surface area contributed by atoms with E-state index in [9.17, 15) is 9.59 Å². The van der Waals surface area contributed by atoms with Crippen LogP contribution >= 0.6 is 0 Å². The molecule has 0 spiro atoms. The zero-order valence-electron chi connectivity index (χ0n) is 15.0. The van der Waals surface area contributed by atoms with Crippen molar-refractivity contribution in [3.63, 3.8) is 0 Å². The monoisotopic (exact) mass is 332 g/mol. The Kier molecular flexibility index (Phi) is 6.35. The van der Waals surface area contributed by atoms with E-state index in [0.29, 0.717) is 5.69 Å². The maximum Gasteiger partial charge on any atom is 0.408 e. The highest BCUT2D eigenvalue weighted by atomic mass is 16.6. The summed E-state index contributed by atoms with van der Waals surface area (Å²) < 4.78 is 9.98. The molecular formula is C18H24N2O4. The average Bonchev–Trinajstić information content (AvgIpc) is 2.46. The van der Waals surface area contributed by atoms with Gasteiger partial charge in [-0.2, -0.15) is 0 Å². The minimum absolute atomic E-state index is 0.266. The molecule has 0 unspecified atom stereocenters. The van der Waals surface area contributed by atoms with E-state index < -0.39 is 23.7 Å². The van der Waals surface area contributed by atoms with E-state index in [2.05, 4.69) is 10.2 Å². The highest BCUT2D eigenvalue weighted by Crippen LogP contribution is 2.23. The van der Waals surface area contributed by atoms with Crippen LogP contribution in [0.25, 0.3) is 4.85 Å².